The number of benzene rings is 1. The summed E-state index contributed by atoms with van der Waals surface area (Å²) in [7, 11) is 0. The Morgan fingerprint density at radius 2 is 2.00 bits per heavy atom. The predicted molar refractivity (Wildman–Crippen MR) is 108 cm³/mol. The van der Waals surface area contributed by atoms with Gasteiger partial charge in [0, 0.05) is 6.20 Å². The van der Waals surface area contributed by atoms with Gasteiger partial charge in [-0.3, -0.25) is 9.20 Å². The van der Waals surface area contributed by atoms with Crippen molar-refractivity contribution in [3.8, 4) is 5.75 Å². The van der Waals surface area contributed by atoms with E-state index < -0.39 is 35.5 Å². The molecule has 0 spiro atoms. The molecular weight excluding hydrogens is 411 g/mol. The van der Waals surface area contributed by atoms with Crippen LogP contribution in [0.2, 0.25) is 0 Å². The van der Waals surface area contributed by atoms with Gasteiger partial charge in [0.25, 0.3) is 5.91 Å². The number of nitrogens with zero attached hydrogens (tertiary/aromatic N) is 2. The molecule has 0 fully saturated rings. The Balaban J connectivity index is 1.87. The molecule has 166 valence electrons. The van der Waals surface area contributed by atoms with Crippen molar-refractivity contribution in [2.75, 3.05) is 6.61 Å². The van der Waals surface area contributed by atoms with E-state index in [1.54, 1.807) is 19.2 Å². The zero-order valence-electron chi connectivity index (χ0n) is 17.3. The van der Waals surface area contributed by atoms with Crippen LogP contribution in [0, 0.1) is 24.4 Å². The molecule has 3 rings (SSSR count). The van der Waals surface area contributed by atoms with Crippen molar-refractivity contribution < 1.29 is 27.8 Å². The molecule has 2 N–H and O–H groups in total. The van der Waals surface area contributed by atoms with Crippen molar-refractivity contribution >= 4 is 11.6 Å². The fourth-order valence-electron chi connectivity index (χ4n) is 3.31. The van der Waals surface area contributed by atoms with E-state index in [1.165, 1.54) is 10.5 Å². The van der Waals surface area contributed by atoms with Crippen molar-refractivity contribution in [3.63, 3.8) is 0 Å². The third kappa shape index (κ3) is 4.82. The second kappa shape index (κ2) is 9.82. The number of carbonyl (C=O) groups excluding carboxylic acids is 1. The van der Waals surface area contributed by atoms with Gasteiger partial charge in [-0.2, -0.15) is 0 Å². The number of nitrogens with one attached hydrogen (secondary N) is 1. The van der Waals surface area contributed by atoms with Crippen LogP contribution in [0.1, 0.15) is 47.9 Å². The molecule has 2 aromatic heterocycles. The lowest BCUT2D eigenvalue weighted by Gasteiger charge is -2.16. The quantitative estimate of drug-likeness (QED) is 0.500. The molecule has 6 nitrogen and oxygen atoms in total. The molecule has 0 radical (unpaired) electrons. The summed E-state index contributed by atoms with van der Waals surface area (Å²) in [6.45, 7) is 2.94. The van der Waals surface area contributed by atoms with E-state index in [1.807, 2.05) is 6.92 Å². The van der Waals surface area contributed by atoms with Gasteiger partial charge in [0.2, 0.25) is 0 Å². The summed E-state index contributed by atoms with van der Waals surface area (Å²) < 4.78 is 48.2. The van der Waals surface area contributed by atoms with Gasteiger partial charge in [-0.05, 0) is 37.6 Å². The standard InChI is InChI=1S/C22H24F3N3O3/c1-3-4-6-14(11-29)27-22(30)20-13(2)26-21-18(7-5-10-28(20)21)31-12-15-16(23)8-9-17(24)19(15)25/h5,7-10,14,29H,3-4,6,11-12H2,1-2H3,(H,27,30). The summed E-state index contributed by atoms with van der Waals surface area (Å²) in [6, 6.07) is 4.29. The lowest BCUT2D eigenvalue weighted by molar-refractivity contribution is 0.0905. The van der Waals surface area contributed by atoms with Gasteiger partial charge in [-0.15, -0.1) is 0 Å². The van der Waals surface area contributed by atoms with Crippen LogP contribution in [0.15, 0.2) is 30.5 Å². The molecule has 9 heteroatoms. The average Bonchev–Trinajstić information content (AvgIpc) is 3.10. The molecule has 3 aromatic rings. The minimum Gasteiger partial charge on any atom is -0.485 e. The summed E-state index contributed by atoms with van der Waals surface area (Å²) in [5, 5.41) is 12.3. The lowest BCUT2D eigenvalue weighted by atomic mass is 10.1. The number of unbranched alkanes of at least 4 members (excludes halogenated alkanes) is 1. The predicted octanol–water partition coefficient (Wildman–Crippen LogP) is 3.92. The summed E-state index contributed by atoms with van der Waals surface area (Å²) in [5.74, 6) is -3.63. The first kappa shape index (κ1) is 22.6. The van der Waals surface area contributed by atoms with Crippen molar-refractivity contribution in [1.82, 2.24) is 14.7 Å². The molecule has 0 aliphatic rings. The van der Waals surface area contributed by atoms with Gasteiger partial charge in [-0.1, -0.05) is 19.8 Å². The van der Waals surface area contributed by atoms with Gasteiger partial charge >= 0.3 is 0 Å². The van der Waals surface area contributed by atoms with Crippen LogP contribution in [0.5, 0.6) is 5.75 Å². The minimum absolute atomic E-state index is 0.178. The Kier molecular flexibility index (Phi) is 7.17. The maximum atomic E-state index is 13.9. The Bertz CT molecular complexity index is 1080. The van der Waals surface area contributed by atoms with E-state index in [0.717, 1.165) is 18.9 Å². The maximum absolute atomic E-state index is 13.9. The monoisotopic (exact) mass is 435 g/mol. The van der Waals surface area contributed by atoms with Gasteiger partial charge < -0.3 is 15.2 Å². The van der Waals surface area contributed by atoms with E-state index in [4.69, 9.17) is 4.74 Å². The van der Waals surface area contributed by atoms with Crippen LogP contribution in [-0.2, 0) is 6.61 Å². The van der Waals surface area contributed by atoms with Crippen LogP contribution in [0.4, 0.5) is 13.2 Å². The normalized spacial score (nSPS) is 12.2. The molecule has 31 heavy (non-hydrogen) atoms. The molecule has 0 saturated heterocycles. The summed E-state index contributed by atoms with van der Waals surface area (Å²) >= 11 is 0. The van der Waals surface area contributed by atoms with E-state index in [0.29, 0.717) is 18.2 Å². The third-order valence-corrected chi connectivity index (χ3v) is 4.98. The second-order valence-electron chi connectivity index (χ2n) is 7.22. The zero-order valence-corrected chi connectivity index (χ0v) is 17.3. The van der Waals surface area contributed by atoms with Crippen LogP contribution in [-0.4, -0.2) is 33.0 Å². The van der Waals surface area contributed by atoms with E-state index >= 15 is 0 Å². The van der Waals surface area contributed by atoms with Gasteiger partial charge in [-0.25, -0.2) is 18.2 Å². The second-order valence-corrected chi connectivity index (χ2v) is 7.22. The fraction of sp³-hybridized carbons (Fsp3) is 0.364. The number of fused-ring (bicyclic) bond motifs is 1. The third-order valence-electron chi connectivity index (χ3n) is 4.98. The SMILES string of the molecule is CCCCC(CO)NC(=O)c1c(C)nc2c(OCc3c(F)ccc(F)c3F)cccn12. The number of carbonyl (C=O) groups is 1. The molecule has 2 heterocycles. The molecule has 1 unspecified atom stereocenters. The van der Waals surface area contributed by atoms with Crippen LogP contribution < -0.4 is 10.1 Å². The van der Waals surface area contributed by atoms with Crippen molar-refractivity contribution in [3.05, 3.63) is 64.9 Å². The van der Waals surface area contributed by atoms with Crippen LogP contribution >= 0.6 is 0 Å². The first-order chi connectivity index (χ1) is 14.9. The van der Waals surface area contributed by atoms with E-state index in [2.05, 4.69) is 10.3 Å². The average molecular weight is 435 g/mol. The number of pyridine rings is 1. The van der Waals surface area contributed by atoms with Gasteiger partial charge in [0.1, 0.15) is 18.1 Å². The molecule has 0 aliphatic heterocycles. The van der Waals surface area contributed by atoms with E-state index in [-0.39, 0.29) is 29.7 Å². The highest BCUT2D eigenvalue weighted by Gasteiger charge is 2.22. The Morgan fingerprint density at radius 1 is 1.26 bits per heavy atom. The number of aromatic nitrogens is 2. The Labute approximate surface area is 177 Å². The first-order valence-corrected chi connectivity index (χ1v) is 10.0. The molecule has 0 aliphatic carbocycles. The molecule has 0 bridgehead atoms. The fourth-order valence-corrected chi connectivity index (χ4v) is 3.31. The summed E-state index contributed by atoms with van der Waals surface area (Å²) in [5.41, 5.74) is 0.420. The highest BCUT2D eigenvalue weighted by atomic mass is 19.2. The van der Waals surface area contributed by atoms with Gasteiger partial charge in [0.15, 0.2) is 23.0 Å². The van der Waals surface area contributed by atoms with Crippen molar-refractivity contribution in [2.45, 2.75) is 45.8 Å². The number of hydrogen-bond donors (Lipinski definition) is 2. The highest BCUT2D eigenvalue weighted by Crippen LogP contribution is 2.25. The Morgan fingerprint density at radius 3 is 2.71 bits per heavy atom. The van der Waals surface area contributed by atoms with E-state index in [9.17, 15) is 23.1 Å². The number of amides is 1. The van der Waals surface area contributed by atoms with Crippen LogP contribution in [0.25, 0.3) is 5.65 Å². The number of hydrogen-bond acceptors (Lipinski definition) is 4. The largest absolute Gasteiger partial charge is 0.485 e. The Hall–Kier alpha value is -3.07. The zero-order chi connectivity index (χ0) is 22.5. The first-order valence-electron chi connectivity index (χ1n) is 10.0. The van der Waals surface area contributed by atoms with Gasteiger partial charge in [0.05, 0.1) is 23.9 Å². The highest BCUT2D eigenvalue weighted by molar-refractivity contribution is 5.95. The van der Waals surface area contributed by atoms with Crippen molar-refractivity contribution in [1.29, 1.82) is 0 Å². The number of aliphatic hydroxyl groups excluding tert-OH is 1. The number of aliphatic hydroxyl groups is 1. The molecule has 1 atom stereocenters. The topological polar surface area (TPSA) is 75.9 Å². The number of rotatable bonds is 9. The number of imidazole rings is 1. The molecule has 1 aromatic carbocycles. The molecule has 0 saturated carbocycles. The molecule has 1 amide bonds. The minimum atomic E-state index is -1.31. The lowest BCUT2D eigenvalue weighted by Crippen LogP contribution is -2.38. The smallest absolute Gasteiger partial charge is 0.270 e. The number of halogens is 3. The number of aryl methyl sites for hydroxylation is 1. The summed E-state index contributed by atoms with van der Waals surface area (Å²) in [6.07, 6.45) is 4.06. The van der Waals surface area contributed by atoms with Crippen LogP contribution in [0.3, 0.4) is 0 Å². The summed E-state index contributed by atoms with van der Waals surface area (Å²) in [4.78, 5) is 17.2. The van der Waals surface area contributed by atoms with Crippen molar-refractivity contribution in [2.24, 2.45) is 0 Å². The molecular formula is C22H24F3N3O3. The number of ether oxygens (including phenoxy) is 1. The maximum Gasteiger partial charge on any atom is 0.270 e.